The summed E-state index contributed by atoms with van der Waals surface area (Å²) in [5.74, 6) is -0.0753. The number of aryl methyl sites for hydroxylation is 1. The maximum atomic E-state index is 13.1. The lowest BCUT2D eigenvalue weighted by Gasteiger charge is -2.28. The molecule has 0 saturated heterocycles. The van der Waals surface area contributed by atoms with Gasteiger partial charge in [0, 0.05) is 30.2 Å². The van der Waals surface area contributed by atoms with Crippen molar-refractivity contribution in [2.75, 3.05) is 6.54 Å². The lowest BCUT2D eigenvalue weighted by Crippen LogP contribution is -2.34. The van der Waals surface area contributed by atoms with Gasteiger partial charge in [-0.25, -0.2) is 4.68 Å². The maximum Gasteiger partial charge on any atom is 0.416 e. The SMILES string of the molecule is CCN(C(=O)Cc1c(C)nn(-c2cccc(C(F)(F)F)c2)c1C)C(C)c1cccnc1. The van der Waals surface area contributed by atoms with Gasteiger partial charge in [0.05, 0.1) is 29.4 Å². The second-order valence-corrected chi connectivity index (χ2v) is 7.43. The van der Waals surface area contributed by atoms with E-state index >= 15 is 0 Å². The first kappa shape index (κ1) is 22.5. The molecule has 3 aromatic rings. The average Bonchev–Trinajstić information content (AvgIpc) is 3.02. The van der Waals surface area contributed by atoms with Crippen LogP contribution < -0.4 is 0 Å². The van der Waals surface area contributed by atoms with Crippen molar-refractivity contribution in [1.29, 1.82) is 0 Å². The standard InChI is InChI=1S/C23H25F3N4O/c1-5-29(16(3)18-8-7-11-27-14-18)22(31)13-21-15(2)28-30(17(21)4)20-10-6-9-19(12-20)23(24,25)26/h6-12,14,16H,5,13H2,1-4H3. The molecule has 0 fully saturated rings. The fraction of sp³-hybridized carbons (Fsp3) is 0.348. The van der Waals surface area contributed by atoms with Crippen molar-refractivity contribution in [1.82, 2.24) is 19.7 Å². The van der Waals surface area contributed by atoms with Gasteiger partial charge in [-0.15, -0.1) is 0 Å². The molecule has 3 rings (SSSR count). The van der Waals surface area contributed by atoms with Crippen LogP contribution in [0, 0.1) is 13.8 Å². The lowest BCUT2D eigenvalue weighted by molar-refractivity contribution is -0.137. The molecule has 0 aliphatic heterocycles. The van der Waals surface area contributed by atoms with E-state index in [1.54, 1.807) is 37.2 Å². The predicted molar refractivity (Wildman–Crippen MR) is 112 cm³/mol. The van der Waals surface area contributed by atoms with Crippen molar-refractivity contribution in [2.45, 2.75) is 46.3 Å². The second-order valence-electron chi connectivity index (χ2n) is 7.43. The van der Waals surface area contributed by atoms with Crippen LogP contribution in [0.15, 0.2) is 48.8 Å². The third-order valence-corrected chi connectivity index (χ3v) is 5.48. The van der Waals surface area contributed by atoms with E-state index in [1.165, 1.54) is 10.7 Å². The predicted octanol–water partition coefficient (Wildman–Crippen LogP) is 5.06. The number of hydrogen-bond acceptors (Lipinski definition) is 3. The first-order valence-corrected chi connectivity index (χ1v) is 10.1. The quantitative estimate of drug-likeness (QED) is 0.550. The van der Waals surface area contributed by atoms with Crippen molar-refractivity contribution in [2.24, 2.45) is 0 Å². The van der Waals surface area contributed by atoms with Crippen molar-refractivity contribution in [3.63, 3.8) is 0 Å². The summed E-state index contributed by atoms with van der Waals surface area (Å²) in [5, 5.41) is 4.41. The molecular weight excluding hydrogens is 405 g/mol. The summed E-state index contributed by atoms with van der Waals surface area (Å²) in [7, 11) is 0. The van der Waals surface area contributed by atoms with E-state index in [0.29, 0.717) is 23.6 Å². The Kier molecular flexibility index (Phi) is 6.48. The first-order chi connectivity index (χ1) is 14.6. The van der Waals surface area contributed by atoms with Crippen LogP contribution in [-0.2, 0) is 17.4 Å². The molecular formula is C23H25F3N4O. The summed E-state index contributed by atoms with van der Waals surface area (Å²) in [4.78, 5) is 19.0. The van der Waals surface area contributed by atoms with E-state index in [9.17, 15) is 18.0 Å². The van der Waals surface area contributed by atoms with Crippen LogP contribution in [0.3, 0.4) is 0 Å². The van der Waals surface area contributed by atoms with Gasteiger partial charge in [0.25, 0.3) is 0 Å². The molecule has 1 atom stereocenters. The Bertz CT molecular complexity index is 1060. The second kappa shape index (κ2) is 8.91. The summed E-state index contributed by atoms with van der Waals surface area (Å²) >= 11 is 0. The maximum absolute atomic E-state index is 13.1. The lowest BCUT2D eigenvalue weighted by atomic mass is 10.1. The third kappa shape index (κ3) is 4.78. The number of pyridine rings is 1. The molecule has 0 spiro atoms. The smallest absolute Gasteiger partial charge is 0.336 e. The van der Waals surface area contributed by atoms with Gasteiger partial charge in [-0.3, -0.25) is 9.78 Å². The van der Waals surface area contributed by atoms with Gasteiger partial charge >= 0.3 is 6.18 Å². The normalized spacial score (nSPS) is 12.6. The number of likely N-dealkylation sites (N-methyl/N-ethyl adjacent to an activating group) is 1. The largest absolute Gasteiger partial charge is 0.416 e. The molecule has 8 heteroatoms. The number of nitrogens with zero attached hydrogens (tertiary/aromatic N) is 4. The zero-order valence-corrected chi connectivity index (χ0v) is 17.9. The molecule has 164 valence electrons. The fourth-order valence-electron chi connectivity index (χ4n) is 3.72. The number of benzene rings is 1. The van der Waals surface area contributed by atoms with Crippen LogP contribution in [0.5, 0.6) is 0 Å². The minimum absolute atomic E-state index is 0.0753. The summed E-state index contributed by atoms with van der Waals surface area (Å²) in [5.41, 5.74) is 2.50. The molecule has 0 bridgehead atoms. The number of alkyl halides is 3. The van der Waals surface area contributed by atoms with Gasteiger partial charge in [0.2, 0.25) is 5.91 Å². The number of halogens is 3. The van der Waals surface area contributed by atoms with Crippen molar-refractivity contribution < 1.29 is 18.0 Å². The highest BCUT2D eigenvalue weighted by Gasteiger charge is 2.31. The summed E-state index contributed by atoms with van der Waals surface area (Å²) in [6.45, 7) is 7.92. The van der Waals surface area contributed by atoms with Crippen molar-refractivity contribution >= 4 is 5.91 Å². The first-order valence-electron chi connectivity index (χ1n) is 10.1. The molecule has 1 unspecified atom stereocenters. The van der Waals surface area contributed by atoms with Gasteiger partial charge in [-0.2, -0.15) is 18.3 Å². The zero-order chi connectivity index (χ0) is 22.8. The molecule has 0 N–H and O–H groups in total. The Morgan fingerprint density at radius 2 is 1.94 bits per heavy atom. The Hall–Kier alpha value is -3.16. The van der Waals surface area contributed by atoms with Crippen LogP contribution in [0.1, 0.15) is 48.0 Å². The highest BCUT2D eigenvalue weighted by molar-refractivity contribution is 5.79. The number of carbonyl (C=O) groups is 1. The monoisotopic (exact) mass is 430 g/mol. The highest BCUT2D eigenvalue weighted by atomic mass is 19.4. The molecule has 0 radical (unpaired) electrons. The van der Waals surface area contributed by atoms with Gasteiger partial charge < -0.3 is 4.90 Å². The molecule has 2 aromatic heterocycles. The highest BCUT2D eigenvalue weighted by Crippen LogP contribution is 2.31. The van der Waals surface area contributed by atoms with E-state index in [2.05, 4.69) is 10.1 Å². The molecule has 0 aliphatic rings. The minimum Gasteiger partial charge on any atom is -0.336 e. The molecule has 5 nitrogen and oxygen atoms in total. The number of hydrogen-bond donors (Lipinski definition) is 0. The summed E-state index contributed by atoms with van der Waals surface area (Å²) in [6.07, 6.45) is -0.893. The molecule has 0 saturated carbocycles. The van der Waals surface area contributed by atoms with E-state index in [1.807, 2.05) is 26.0 Å². The number of aromatic nitrogens is 3. The number of rotatable bonds is 6. The van der Waals surface area contributed by atoms with Crippen molar-refractivity contribution in [3.05, 3.63) is 76.9 Å². The Morgan fingerprint density at radius 1 is 1.19 bits per heavy atom. The topological polar surface area (TPSA) is 51.0 Å². The average molecular weight is 430 g/mol. The van der Waals surface area contributed by atoms with Crippen molar-refractivity contribution in [3.8, 4) is 5.69 Å². The molecule has 1 amide bonds. The van der Waals surface area contributed by atoms with Crippen LogP contribution >= 0.6 is 0 Å². The Morgan fingerprint density at radius 3 is 2.55 bits per heavy atom. The van der Waals surface area contributed by atoms with Gasteiger partial charge in [0.1, 0.15) is 0 Å². The van der Waals surface area contributed by atoms with E-state index < -0.39 is 11.7 Å². The van der Waals surface area contributed by atoms with Crippen LogP contribution in [0.4, 0.5) is 13.2 Å². The fourth-order valence-corrected chi connectivity index (χ4v) is 3.72. The van der Waals surface area contributed by atoms with Gasteiger partial charge in [-0.1, -0.05) is 12.1 Å². The summed E-state index contributed by atoms with van der Waals surface area (Å²) in [6, 6.07) is 8.63. The van der Waals surface area contributed by atoms with E-state index in [4.69, 9.17) is 0 Å². The minimum atomic E-state index is -4.44. The summed E-state index contributed by atoms with van der Waals surface area (Å²) < 4.78 is 40.8. The number of carbonyl (C=O) groups excluding carboxylic acids is 1. The molecule has 1 aromatic carbocycles. The van der Waals surface area contributed by atoms with Crippen LogP contribution in [-0.4, -0.2) is 32.1 Å². The number of amides is 1. The Labute approximate surface area is 179 Å². The van der Waals surface area contributed by atoms with Crippen LogP contribution in [0.25, 0.3) is 5.69 Å². The molecule has 31 heavy (non-hydrogen) atoms. The van der Waals surface area contributed by atoms with Crippen LogP contribution in [0.2, 0.25) is 0 Å². The van der Waals surface area contributed by atoms with Gasteiger partial charge in [0.15, 0.2) is 0 Å². The molecule has 0 aliphatic carbocycles. The Balaban J connectivity index is 1.88. The van der Waals surface area contributed by atoms with E-state index in [0.717, 1.165) is 23.3 Å². The zero-order valence-electron chi connectivity index (χ0n) is 17.9. The van der Waals surface area contributed by atoms with Gasteiger partial charge in [-0.05, 0) is 57.5 Å². The third-order valence-electron chi connectivity index (χ3n) is 5.48. The van der Waals surface area contributed by atoms with E-state index in [-0.39, 0.29) is 18.4 Å². The molecule has 2 heterocycles.